The fraction of sp³-hybridized carbons (Fsp3) is 0. The minimum Gasteiger partial charge on any atom is -0.563 e. The van der Waals surface area contributed by atoms with Crippen LogP contribution in [0, 0.1) is 31.1 Å². The van der Waals surface area contributed by atoms with E-state index in [1.165, 1.54) is 0 Å². The van der Waals surface area contributed by atoms with Crippen molar-refractivity contribution in [3.63, 3.8) is 0 Å². The molecule has 0 aromatic heterocycles. The summed E-state index contributed by atoms with van der Waals surface area (Å²) in [5, 5.41) is 0. The first-order chi connectivity index (χ1) is 9.38. The first-order valence-electron chi connectivity index (χ1n) is 3.29. The molecule has 0 aliphatic carbocycles. The van der Waals surface area contributed by atoms with E-state index in [1.807, 2.05) is 0 Å². The molecule has 6 atom stereocenters. The number of hydrogen-bond acceptors (Lipinski definition) is 15. The third-order valence-corrected chi connectivity index (χ3v) is 3.60. The molecule has 0 spiro atoms. The summed E-state index contributed by atoms with van der Waals surface area (Å²) in [7, 11) is -19.4. The third kappa shape index (κ3) is 49.6. The van der Waals surface area contributed by atoms with Gasteiger partial charge in [-0.25, -0.2) is 0 Å². The van der Waals surface area contributed by atoms with Crippen molar-refractivity contribution in [3.05, 3.63) is 0 Å². The Balaban J connectivity index is -0.000000108. The molecule has 0 bridgehead atoms. The Morgan fingerprint density at radius 3 is 0.500 bits per heavy atom. The van der Waals surface area contributed by atoms with Crippen molar-refractivity contribution in [2.75, 3.05) is 0 Å². The monoisotopic (exact) mass is 664 g/mol. The van der Waals surface area contributed by atoms with Gasteiger partial charge in [-0.3, -0.25) is 0 Å². The van der Waals surface area contributed by atoms with E-state index in [4.69, 9.17) is 0 Å². The molecule has 22 heteroatoms. The van der Waals surface area contributed by atoms with Gasteiger partial charge in [0.15, 0.2) is 0 Å². The normalized spacial score (nSPS) is 12.8. The van der Waals surface area contributed by atoms with Crippen LogP contribution in [0.15, 0.2) is 0 Å². The molecule has 124 valence electrons. The van der Waals surface area contributed by atoms with Gasteiger partial charge >= 0.3 is 49.5 Å². The van der Waals surface area contributed by atoms with Crippen molar-refractivity contribution in [3.8, 4) is 0 Å². The van der Waals surface area contributed by atoms with Gasteiger partial charge in [0.2, 0.25) is 0 Å². The summed E-state index contributed by atoms with van der Waals surface area (Å²) in [5.74, 6) is 0. The summed E-state index contributed by atoms with van der Waals surface area (Å²) in [6.07, 6.45) is 0. The zero-order chi connectivity index (χ0) is 17.6. The van der Waals surface area contributed by atoms with E-state index in [0.29, 0.717) is 0 Å². The van der Waals surface area contributed by atoms with E-state index in [1.54, 1.807) is 0 Å². The van der Waals surface area contributed by atoms with Crippen molar-refractivity contribution in [1.82, 2.24) is 0 Å². The molecule has 0 N–H and O–H groups in total. The predicted octanol–water partition coefficient (Wildman–Crippen LogP) is -2.88. The molecule has 0 aromatic carbocycles. The van der Waals surface area contributed by atoms with Gasteiger partial charge in [-0.05, 0) is 27.4 Å². The first-order valence-corrected chi connectivity index (χ1v) is 9.86. The number of rotatable bonds is 6. The second-order valence-electron chi connectivity index (χ2n) is 1.59. The van der Waals surface area contributed by atoms with E-state index >= 15 is 0 Å². The van der Waals surface area contributed by atoms with E-state index in [0.717, 1.165) is 0 Å². The van der Waals surface area contributed by atoms with Crippen LogP contribution in [0.3, 0.4) is 0 Å². The Morgan fingerprint density at radius 2 is 0.500 bits per heavy atom. The second-order valence-corrected chi connectivity index (χ2v) is 6.23. The Labute approximate surface area is 150 Å². The molecule has 6 unspecified atom stereocenters. The van der Waals surface area contributed by atoms with Crippen LogP contribution in [0.25, 0.3) is 0 Å². The molecule has 15 nitrogen and oxygen atoms in total. The van der Waals surface area contributed by atoms with Crippen molar-refractivity contribution in [2.24, 2.45) is 0 Å². The average molecular weight is 664 g/mol. The van der Waals surface area contributed by atoms with Crippen molar-refractivity contribution in [2.45, 2.75) is 0 Å². The Kier molecular flexibility index (Phi) is 28.7. The van der Waals surface area contributed by atoms with E-state index in [-0.39, 0.29) is 31.1 Å². The maximum atomic E-state index is 9.24. The molecule has 0 amide bonds. The van der Waals surface area contributed by atoms with Gasteiger partial charge in [0, 0.05) is 31.1 Å². The van der Waals surface area contributed by atoms with Crippen LogP contribution >= 0.6 is 49.5 Å². The molecule has 0 aromatic rings. The van der Waals surface area contributed by atoms with Crippen LogP contribution in [0.2, 0.25) is 0 Å². The molecule has 0 fully saturated rings. The number of hydrogen-bond donors (Lipinski definition) is 0. The SMILES string of the molecule is O=[P+]([O-])O[P+](=O)[O-].O=[P+]([O-])O[P+](=O)[O-].O=[P+]([O-])O[P+](=O)[O-].[U]. The van der Waals surface area contributed by atoms with Crippen molar-refractivity contribution in [1.29, 1.82) is 0 Å². The van der Waals surface area contributed by atoms with Crippen LogP contribution in [0.1, 0.15) is 0 Å². The Bertz CT molecular complexity index is 314. The minimum atomic E-state index is -3.24. The third-order valence-electron chi connectivity index (χ3n) is 0.400. The zero-order valence-corrected chi connectivity index (χ0v) is 18.8. The van der Waals surface area contributed by atoms with Crippen molar-refractivity contribution < 1.29 is 101 Å². The van der Waals surface area contributed by atoms with Gasteiger partial charge in [-0.15, -0.1) is 0 Å². The first kappa shape index (κ1) is 31.1. The van der Waals surface area contributed by atoms with Crippen LogP contribution in [-0.4, -0.2) is 0 Å². The summed E-state index contributed by atoms with van der Waals surface area (Å²) in [5.41, 5.74) is 0. The zero-order valence-electron chi connectivity index (χ0n) is 9.31. The second kappa shape index (κ2) is 20.3. The largest absolute Gasteiger partial charge is 0.563 e. The Hall–Kier alpha value is 1.29. The van der Waals surface area contributed by atoms with E-state index in [9.17, 15) is 56.8 Å². The van der Waals surface area contributed by atoms with Crippen LogP contribution in [-0.2, 0) is 40.3 Å². The quantitative estimate of drug-likeness (QED) is 0.258. The summed E-state index contributed by atoms with van der Waals surface area (Å²) in [6.45, 7) is 0. The maximum absolute atomic E-state index is 9.24. The van der Waals surface area contributed by atoms with Gasteiger partial charge in [0.1, 0.15) is 12.9 Å². The van der Waals surface area contributed by atoms with E-state index in [2.05, 4.69) is 12.9 Å². The fourth-order valence-corrected chi connectivity index (χ4v) is 1.47. The Morgan fingerprint density at radius 1 is 0.409 bits per heavy atom. The molecule has 0 heterocycles. The molecule has 0 aliphatic heterocycles. The summed E-state index contributed by atoms with van der Waals surface area (Å²) < 4.78 is 64.9. The van der Waals surface area contributed by atoms with Gasteiger partial charge in [0.05, 0.1) is 0 Å². The predicted molar refractivity (Wildman–Crippen MR) is 48.9 cm³/mol. The summed E-state index contributed by atoms with van der Waals surface area (Å²) in [6, 6.07) is 0. The summed E-state index contributed by atoms with van der Waals surface area (Å²) >= 11 is 0. The van der Waals surface area contributed by atoms with Crippen LogP contribution in [0.4, 0.5) is 0 Å². The summed E-state index contributed by atoms with van der Waals surface area (Å²) in [4.78, 5) is 55.4. The van der Waals surface area contributed by atoms with Gasteiger partial charge in [-0.1, -0.05) is 0 Å². The fourth-order valence-electron chi connectivity index (χ4n) is 0.163. The molecule has 22 heavy (non-hydrogen) atoms. The molecule has 0 aliphatic rings. The average Bonchev–Trinajstić information content (AvgIpc) is 2.10. The molecular formula is O15P6U. The molecule has 0 radical (unpaired) electrons. The molecule has 0 saturated heterocycles. The molecule has 0 saturated carbocycles. The van der Waals surface area contributed by atoms with Gasteiger partial charge in [-0.2, -0.15) is 0 Å². The standard InChI is InChI=1S/3O5P2.U/c3*1-6(2)5-7(3)4;. The van der Waals surface area contributed by atoms with E-state index < -0.39 is 49.5 Å². The topological polar surface area (TPSA) is 268 Å². The smallest absolute Gasteiger partial charge is 0.543 e. The minimum absolute atomic E-state index is 0. The van der Waals surface area contributed by atoms with Gasteiger partial charge < -0.3 is 29.4 Å². The molecular weight excluding hydrogens is 664 g/mol. The molecule has 0 rings (SSSR count). The maximum Gasteiger partial charge on any atom is 0.543 e. The van der Waals surface area contributed by atoms with Gasteiger partial charge in [0.25, 0.3) is 0 Å². The van der Waals surface area contributed by atoms with Crippen molar-refractivity contribution >= 4 is 49.5 Å². The van der Waals surface area contributed by atoms with Crippen LogP contribution in [0.5, 0.6) is 0 Å². The van der Waals surface area contributed by atoms with Crippen LogP contribution < -0.4 is 29.4 Å².